The molecule has 74 valence electrons. The van der Waals surface area contributed by atoms with Crippen LogP contribution in [0.4, 0.5) is 0 Å². The summed E-state index contributed by atoms with van der Waals surface area (Å²) >= 11 is 0. The Morgan fingerprint density at radius 1 is 1.54 bits per heavy atom. The largest absolute Gasteiger partial charge is 0.389 e. The van der Waals surface area contributed by atoms with Crippen LogP contribution in [0.1, 0.15) is 27.2 Å². The molecule has 0 bridgehead atoms. The van der Waals surface area contributed by atoms with E-state index in [0.29, 0.717) is 12.0 Å². The second kappa shape index (κ2) is 3.24. The molecule has 2 unspecified atom stereocenters. The van der Waals surface area contributed by atoms with Crippen LogP contribution in [0.5, 0.6) is 0 Å². The van der Waals surface area contributed by atoms with E-state index in [4.69, 9.17) is 0 Å². The first-order valence-corrected chi connectivity index (χ1v) is 4.48. The van der Waals surface area contributed by atoms with Crippen LogP contribution in [-0.4, -0.2) is 27.7 Å². The molecule has 2 atom stereocenters. The van der Waals surface area contributed by atoms with Gasteiger partial charge in [-0.25, -0.2) is 0 Å². The summed E-state index contributed by atoms with van der Waals surface area (Å²) in [7, 11) is 0. The molecule has 0 radical (unpaired) electrons. The maximum absolute atomic E-state index is 11.5. The maximum Gasteiger partial charge on any atom is 0.161 e. The van der Waals surface area contributed by atoms with E-state index in [-0.39, 0.29) is 11.7 Å². The zero-order valence-corrected chi connectivity index (χ0v) is 8.24. The minimum atomic E-state index is -1.14. The van der Waals surface area contributed by atoms with Crippen molar-refractivity contribution < 1.29 is 15.0 Å². The highest BCUT2D eigenvalue weighted by Crippen LogP contribution is 2.27. The van der Waals surface area contributed by atoms with Gasteiger partial charge in [0.15, 0.2) is 5.78 Å². The monoisotopic (exact) mass is 184 g/mol. The Kier molecular flexibility index (Phi) is 2.59. The molecule has 3 heteroatoms. The molecule has 0 spiro atoms. The van der Waals surface area contributed by atoms with Gasteiger partial charge in [-0.1, -0.05) is 6.92 Å². The summed E-state index contributed by atoms with van der Waals surface area (Å²) in [6.45, 7) is 4.93. The van der Waals surface area contributed by atoms with Crippen molar-refractivity contribution in [1.82, 2.24) is 0 Å². The first-order valence-electron chi connectivity index (χ1n) is 4.48. The van der Waals surface area contributed by atoms with Gasteiger partial charge in [0.05, 0.1) is 11.7 Å². The van der Waals surface area contributed by atoms with E-state index >= 15 is 0 Å². The summed E-state index contributed by atoms with van der Waals surface area (Å²) in [6, 6.07) is 0. The van der Waals surface area contributed by atoms with Crippen LogP contribution >= 0.6 is 0 Å². The standard InChI is InChI=1S/C10H16O3/c1-6-4-9(12)7(5-8(6)11)10(2,3)13/h5-6,8,11,13H,4H2,1-3H3. The van der Waals surface area contributed by atoms with Crippen LogP contribution in [0, 0.1) is 5.92 Å². The smallest absolute Gasteiger partial charge is 0.161 e. The van der Waals surface area contributed by atoms with E-state index in [0.717, 1.165) is 0 Å². The summed E-state index contributed by atoms with van der Waals surface area (Å²) in [5.74, 6) is -0.107. The molecule has 3 nitrogen and oxygen atoms in total. The molecule has 1 rings (SSSR count). The number of carbonyl (C=O) groups excluding carboxylic acids is 1. The molecular formula is C10H16O3. The van der Waals surface area contributed by atoms with E-state index in [1.54, 1.807) is 13.8 Å². The van der Waals surface area contributed by atoms with Crippen molar-refractivity contribution in [1.29, 1.82) is 0 Å². The Hall–Kier alpha value is -0.670. The van der Waals surface area contributed by atoms with Gasteiger partial charge in [0.25, 0.3) is 0 Å². The van der Waals surface area contributed by atoms with Crippen molar-refractivity contribution in [2.24, 2.45) is 5.92 Å². The van der Waals surface area contributed by atoms with Crippen molar-refractivity contribution >= 4 is 5.78 Å². The lowest BCUT2D eigenvalue weighted by atomic mass is 9.81. The highest BCUT2D eigenvalue weighted by molar-refractivity contribution is 5.98. The average Bonchev–Trinajstić information content (AvgIpc) is 1.94. The molecule has 0 saturated heterocycles. The van der Waals surface area contributed by atoms with E-state index in [1.165, 1.54) is 6.08 Å². The number of aliphatic hydroxyl groups excluding tert-OH is 1. The summed E-state index contributed by atoms with van der Waals surface area (Å²) < 4.78 is 0. The Morgan fingerprint density at radius 2 is 2.08 bits per heavy atom. The molecule has 0 saturated carbocycles. The highest BCUT2D eigenvalue weighted by Gasteiger charge is 2.32. The number of Topliss-reactive ketones (excluding diaryl/α,β-unsaturated/α-hetero) is 1. The molecule has 13 heavy (non-hydrogen) atoms. The summed E-state index contributed by atoms with van der Waals surface area (Å²) in [5.41, 5.74) is -0.809. The fraction of sp³-hybridized carbons (Fsp3) is 0.700. The fourth-order valence-electron chi connectivity index (χ4n) is 1.50. The van der Waals surface area contributed by atoms with Gasteiger partial charge in [0, 0.05) is 12.0 Å². The van der Waals surface area contributed by atoms with Crippen LogP contribution in [0.25, 0.3) is 0 Å². The van der Waals surface area contributed by atoms with Crippen molar-refractivity contribution in [2.75, 3.05) is 0 Å². The zero-order chi connectivity index (χ0) is 10.2. The van der Waals surface area contributed by atoms with Gasteiger partial charge in [-0.2, -0.15) is 0 Å². The van der Waals surface area contributed by atoms with Crippen LogP contribution < -0.4 is 0 Å². The van der Waals surface area contributed by atoms with E-state index < -0.39 is 11.7 Å². The third-order valence-electron chi connectivity index (χ3n) is 2.39. The predicted octanol–water partition coefficient (Wildman–Crippen LogP) is 0.653. The number of hydrogen-bond donors (Lipinski definition) is 2. The van der Waals surface area contributed by atoms with Crippen LogP contribution in [0.2, 0.25) is 0 Å². The molecule has 0 aromatic heterocycles. The van der Waals surface area contributed by atoms with Gasteiger partial charge in [0.1, 0.15) is 0 Å². The molecule has 0 aromatic carbocycles. The lowest BCUT2D eigenvalue weighted by Crippen LogP contribution is -2.35. The van der Waals surface area contributed by atoms with Gasteiger partial charge in [-0.15, -0.1) is 0 Å². The highest BCUT2D eigenvalue weighted by atomic mass is 16.3. The third-order valence-corrected chi connectivity index (χ3v) is 2.39. The van der Waals surface area contributed by atoms with Crippen LogP contribution in [0.15, 0.2) is 11.6 Å². The van der Waals surface area contributed by atoms with Gasteiger partial charge in [-0.3, -0.25) is 4.79 Å². The number of rotatable bonds is 1. The molecule has 0 aromatic rings. The summed E-state index contributed by atoms with van der Waals surface area (Å²) in [5, 5.41) is 19.1. The van der Waals surface area contributed by atoms with Crippen LogP contribution in [-0.2, 0) is 4.79 Å². The average molecular weight is 184 g/mol. The lowest BCUT2D eigenvalue weighted by Gasteiger charge is -2.28. The zero-order valence-electron chi connectivity index (χ0n) is 8.24. The Morgan fingerprint density at radius 3 is 2.54 bits per heavy atom. The molecule has 0 amide bonds. The lowest BCUT2D eigenvalue weighted by molar-refractivity contribution is -0.119. The van der Waals surface area contributed by atoms with E-state index in [1.807, 2.05) is 6.92 Å². The second-order valence-corrected chi connectivity index (χ2v) is 4.23. The predicted molar refractivity (Wildman–Crippen MR) is 49.2 cm³/mol. The van der Waals surface area contributed by atoms with Gasteiger partial charge in [-0.05, 0) is 25.8 Å². The summed E-state index contributed by atoms with van der Waals surface area (Å²) in [4.78, 5) is 11.5. The Labute approximate surface area is 78.1 Å². The maximum atomic E-state index is 11.5. The van der Waals surface area contributed by atoms with Crippen molar-refractivity contribution in [3.63, 3.8) is 0 Å². The Bertz CT molecular complexity index is 247. The molecule has 1 aliphatic carbocycles. The van der Waals surface area contributed by atoms with Gasteiger partial charge >= 0.3 is 0 Å². The molecule has 1 aliphatic rings. The number of aliphatic hydroxyl groups is 2. The SMILES string of the molecule is CC1CC(=O)C(C(C)(C)O)=CC1O. The van der Waals surface area contributed by atoms with Gasteiger partial charge < -0.3 is 10.2 Å². The normalized spacial score (nSPS) is 30.2. The van der Waals surface area contributed by atoms with E-state index in [9.17, 15) is 15.0 Å². The topological polar surface area (TPSA) is 57.5 Å². The summed E-state index contributed by atoms with van der Waals surface area (Å²) in [6.07, 6.45) is 1.17. The number of carbonyl (C=O) groups is 1. The molecular weight excluding hydrogens is 168 g/mol. The van der Waals surface area contributed by atoms with Crippen molar-refractivity contribution in [3.05, 3.63) is 11.6 Å². The molecule has 2 N–H and O–H groups in total. The Balaban J connectivity index is 2.97. The van der Waals surface area contributed by atoms with Gasteiger partial charge in [0.2, 0.25) is 0 Å². The first kappa shape index (κ1) is 10.4. The first-order chi connectivity index (χ1) is 5.82. The quantitative estimate of drug-likeness (QED) is 0.629. The minimum absolute atomic E-state index is 0.0430. The third kappa shape index (κ3) is 2.17. The van der Waals surface area contributed by atoms with Crippen molar-refractivity contribution in [2.45, 2.75) is 38.9 Å². The molecule has 0 aliphatic heterocycles. The molecule has 0 heterocycles. The molecule has 0 fully saturated rings. The van der Waals surface area contributed by atoms with Crippen molar-refractivity contribution in [3.8, 4) is 0 Å². The number of hydrogen-bond acceptors (Lipinski definition) is 3. The van der Waals surface area contributed by atoms with Crippen LogP contribution in [0.3, 0.4) is 0 Å². The number of ketones is 1. The fourth-order valence-corrected chi connectivity index (χ4v) is 1.50. The minimum Gasteiger partial charge on any atom is -0.389 e. The van der Waals surface area contributed by atoms with E-state index in [2.05, 4.69) is 0 Å². The second-order valence-electron chi connectivity index (χ2n) is 4.23.